The first-order chi connectivity index (χ1) is 17.9. The summed E-state index contributed by atoms with van der Waals surface area (Å²) in [4.78, 5) is 37.7. The van der Waals surface area contributed by atoms with E-state index >= 15 is 0 Å². The second kappa shape index (κ2) is 11.4. The molecule has 0 bridgehead atoms. The van der Waals surface area contributed by atoms with Gasteiger partial charge < -0.3 is 14.6 Å². The Morgan fingerprint density at radius 2 is 1.57 bits per heavy atom. The average Bonchev–Trinajstić information content (AvgIpc) is 3.23. The first-order valence-corrected chi connectivity index (χ1v) is 11.8. The van der Waals surface area contributed by atoms with Gasteiger partial charge in [-0.3, -0.25) is 10.2 Å². The third kappa shape index (κ3) is 5.81. The Morgan fingerprint density at radius 3 is 2.14 bits per heavy atom. The molecule has 0 saturated heterocycles. The van der Waals surface area contributed by atoms with Gasteiger partial charge in [-0.1, -0.05) is 73.3 Å². The zero-order valence-electron chi connectivity index (χ0n) is 20.4. The van der Waals surface area contributed by atoms with Gasteiger partial charge in [0.1, 0.15) is 19.3 Å². The molecule has 0 fully saturated rings. The van der Waals surface area contributed by atoms with Gasteiger partial charge in [0, 0.05) is 25.1 Å². The standard InChI is InChI=1S/C29H28N2O6/c1-3-16-36-28(34)30-20-14-12-19(13-15-20)17-26(27(32)33)31(2)29(35)37-18-25-23-10-6-4-8-21(23)22-9-5-7-11-24(22)25/h3-15,25-26H,1,16-18H2,2H3,(H,30,34)(H,32,33). The van der Waals surface area contributed by atoms with Crippen LogP contribution in [-0.2, 0) is 20.7 Å². The second-order valence-electron chi connectivity index (χ2n) is 8.68. The maximum Gasteiger partial charge on any atom is 0.411 e. The minimum absolute atomic E-state index is 0.0667. The smallest absolute Gasteiger partial charge is 0.411 e. The van der Waals surface area contributed by atoms with Crippen LogP contribution in [-0.4, -0.2) is 54.5 Å². The number of amides is 2. The zero-order valence-corrected chi connectivity index (χ0v) is 20.4. The maximum absolute atomic E-state index is 12.9. The number of likely N-dealkylation sites (N-methyl/N-ethyl adjacent to an activating group) is 1. The van der Waals surface area contributed by atoms with Crippen LogP contribution >= 0.6 is 0 Å². The van der Waals surface area contributed by atoms with Gasteiger partial charge in [0.05, 0.1) is 0 Å². The van der Waals surface area contributed by atoms with Gasteiger partial charge in [-0.05, 0) is 39.9 Å². The van der Waals surface area contributed by atoms with Crippen molar-refractivity contribution in [1.29, 1.82) is 0 Å². The number of nitrogens with zero attached hydrogens (tertiary/aromatic N) is 1. The average molecular weight is 501 g/mol. The molecule has 1 aliphatic carbocycles. The Balaban J connectivity index is 1.39. The molecule has 0 spiro atoms. The highest BCUT2D eigenvalue weighted by Crippen LogP contribution is 2.44. The summed E-state index contributed by atoms with van der Waals surface area (Å²) in [7, 11) is 1.42. The minimum atomic E-state index is -1.15. The summed E-state index contributed by atoms with van der Waals surface area (Å²) < 4.78 is 10.5. The molecule has 0 aliphatic heterocycles. The van der Waals surface area contributed by atoms with Gasteiger partial charge in [0.2, 0.25) is 0 Å². The summed E-state index contributed by atoms with van der Waals surface area (Å²) in [6, 6.07) is 21.5. The molecule has 1 aliphatic rings. The fourth-order valence-electron chi connectivity index (χ4n) is 4.45. The monoisotopic (exact) mass is 500 g/mol. The molecule has 2 N–H and O–H groups in total. The van der Waals surface area contributed by atoms with E-state index in [2.05, 4.69) is 11.9 Å². The maximum atomic E-state index is 12.9. The minimum Gasteiger partial charge on any atom is -0.480 e. The van der Waals surface area contributed by atoms with E-state index < -0.39 is 24.2 Å². The van der Waals surface area contributed by atoms with Crippen molar-refractivity contribution in [2.45, 2.75) is 18.4 Å². The number of hydrogen-bond donors (Lipinski definition) is 2. The fourth-order valence-corrected chi connectivity index (χ4v) is 4.45. The lowest BCUT2D eigenvalue weighted by atomic mass is 9.98. The highest BCUT2D eigenvalue weighted by Gasteiger charge is 2.32. The number of rotatable bonds is 9. The summed E-state index contributed by atoms with van der Waals surface area (Å²) >= 11 is 0. The number of hydrogen-bond acceptors (Lipinski definition) is 5. The van der Waals surface area contributed by atoms with Gasteiger partial charge in [-0.25, -0.2) is 14.4 Å². The van der Waals surface area contributed by atoms with Crippen molar-refractivity contribution in [1.82, 2.24) is 4.90 Å². The Hall–Kier alpha value is -4.59. The van der Waals surface area contributed by atoms with Crippen molar-refractivity contribution in [2.24, 2.45) is 0 Å². The second-order valence-corrected chi connectivity index (χ2v) is 8.68. The molecule has 37 heavy (non-hydrogen) atoms. The quantitative estimate of drug-likeness (QED) is 0.387. The van der Waals surface area contributed by atoms with Crippen LogP contribution in [0.5, 0.6) is 0 Å². The van der Waals surface area contributed by atoms with Crippen molar-refractivity contribution in [3.8, 4) is 11.1 Å². The first kappa shape index (κ1) is 25.5. The lowest BCUT2D eigenvalue weighted by Gasteiger charge is -2.25. The molecule has 0 aromatic heterocycles. The van der Waals surface area contributed by atoms with E-state index in [1.807, 2.05) is 48.5 Å². The third-order valence-corrected chi connectivity index (χ3v) is 6.34. The van der Waals surface area contributed by atoms with Crippen LogP contribution in [0, 0.1) is 0 Å². The molecule has 8 nitrogen and oxygen atoms in total. The largest absolute Gasteiger partial charge is 0.480 e. The molecule has 4 rings (SSSR count). The van der Waals surface area contributed by atoms with Gasteiger partial charge in [-0.2, -0.15) is 0 Å². The molecule has 3 aromatic carbocycles. The summed E-state index contributed by atoms with van der Waals surface area (Å²) in [6.45, 7) is 3.67. The predicted octanol–water partition coefficient (Wildman–Crippen LogP) is 5.30. The topological polar surface area (TPSA) is 105 Å². The van der Waals surface area contributed by atoms with Crippen molar-refractivity contribution >= 4 is 23.8 Å². The van der Waals surface area contributed by atoms with Crippen LogP contribution in [0.15, 0.2) is 85.5 Å². The normalized spacial score (nSPS) is 12.6. The Morgan fingerprint density at radius 1 is 0.973 bits per heavy atom. The fraction of sp³-hybridized carbons (Fsp3) is 0.207. The number of fused-ring (bicyclic) bond motifs is 3. The molecule has 190 valence electrons. The number of carboxylic acids is 1. The SMILES string of the molecule is C=CCOC(=O)Nc1ccc(CC(C(=O)O)N(C)C(=O)OCC2c3ccccc3-c3ccccc32)cc1. The third-order valence-electron chi connectivity index (χ3n) is 6.34. The number of carbonyl (C=O) groups excluding carboxylic acids is 2. The molecule has 1 atom stereocenters. The molecule has 0 heterocycles. The summed E-state index contributed by atoms with van der Waals surface area (Å²) in [5, 5.41) is 12.4. The Bertz CT molecular complexity index is 1260. The van der Waals surface area contributed by atoms with Crippen molar-refractivity contribution < 1.29 is 29.0 Å². The van der Waals surface area contributed by atoms with Crippen LogP contribution in [0.1, 0.15) is 22.6 Å². The van der Waals surface area contributed by atoms with E-state index in [4.69, 9.17) is 9.47 Å². The molecule has 1 unspecified atom stereocenters. The van der Waals surface area contributed by atoms with Crippen LogP contribution in [0.2, 0.25) is 0 Å². The molecule has 0 saturated carbocycles. The van der Waals surface area contributed by atoms with E-state index in [0.29, 0.717) is 11.3 Å². The number of ether oxygens (including phenoxy) is 2. The number of carbonyl (C=O) groups is 3. The van der Waals surface area contributed by atoms with E-state index in [1.165, 1.54) is 13.1 Å². The number of nitrogens with one attached hydrogen (secondary N) is 1. The van der Waals surface area contributed by atoms with Crippen LogP contribution < -0.4 is 5.32 Å². The highest BCUT2D eigenvalue weighted by atomic mass is 16.6. The summed E-state index contributed by atoms with van der Waals surface area (Å²) in [5.74, 6) is -1.27. The van der Waals surface area contributed by atoms with Gasteiger partial charge in [0.25, 0.3) is 0 Å². The van der Waals surface area contributed by atoms with E-state index in [1.54, 1.807) is 24.3 Å². The molecule has 2 amide bonds. The van der Waals surface area contributed by atoms with E-state index in [0.717, 1.165) is 27.2 Å². The van der Waals surface area contributed by atoms with Crippen molar-refractivity contribution in [3.05, 3.63) is 102 Å². The van der Waals surface area contributed by atoms with Gasteiger partial charge in [0.15, 0.2) is 0 Å². The lowest BCUT2D eigenvalue weighted by molar-refractivity contribution is -0.142. The van der Waals surface area contributed by atoms with Crippen molar-refractivity contribution in [3.63, 3.8) is 0 Å². The van der Waals surface area contributed by atoms with Gasteiger partial charge in [-0.15, -0.1) is 0 Å². The summed E-state index contributed by atoms with van der Waals surface area (Å²) in [5.41, 5.74) is 5.56. The molecule has 0 radical (unpaired) electrons. The number of aliphatic carboxylic acids is 1. The lowest BCUT2D eigenvalue weighted by Crippen LogP contribution is -2.44. The van der Waals surface area contributed by atoms with Crippen molar-refractivity contribution in [2.75, 3.05) is 25.6 Å². The first-order valence-electron chi connectivity index (χ1n) is 11.8. The highest BCUT2D eigenvalue weighted by molar-refractivity contribution is 5.85. The number of anilines is 1. The predicted molar refractivity (Wildman–Crippen MR) is 140 cm³/mol. The molecule has 8 heteroatoms. The Labute approximate surface area is 215 Å². The zero-order chi connectivity index (χ0) is 26.4. The number of carboxylic acid groups (broad SMARTS) is 1. The molecular formula is C29H28N2O6. The molecule has 3 aromatic rings. The Kier molecular flexibility index (Phi) is 7.88. The molecular weight excluding hydrogens is 472 g/mol. The van der Waals surface area contributed by atoms with E-state index in [9.17, 15) is 19.5 Å². The number of benzene rings is 3. The van der Waals surface area contributed by atoms with Crippen LogP contribution in [0.4, 0.5) is 15.3 Å². The van der Waals surface area contributed by atoms with Crippen LogP contribution in [0.3, 0.4) is 0 Å². The van der Waals surface area contributed by atoms with Gasteiger partial charge >= 0.3 is 18.2 Å². The van der Waals surface area contributed by atoms with E-state index in [-0.39, 0.29) is 25.6 Å². The summed E-state index contributed by atoms with van der Waals surface area (Å²) in [6.07, 6.45) is 0.197. The van der Waals surface area contributed by atoms with Crippen LogP contribution in [0.25, 0.3) is 11.1 Å².